The van der Waals surface area contributed by atoms with Crippen LogP contribution in [0.5, 0.6) is 0 Å². The fraction of sp³-hybridized carbons (Fsp3) is 0.643. The minimum atomic E-state index is 0.289. The van der Waals surface area contributed by atoms with E-state index in [-0.39, 0.29) is 5.91 Å². The van der Waals surface area contributed by atoms with Crippen LogP contribution in [0.25, 0.3) is 0 Å². The molecule has 0 aliphatic carbocycles. The van der Waals surface area contributed by atoms with Gasteiger partial charge in [0.2, 0.25) is 5.91 Å². The van der Waals surface area contributed by atoms with Gasteiger partial charge in [-0.2, -0.15) is 11.3 Å². The fourth-order valence-electron chi connectivity index (χ4n) is 3.84. The Bertz CT molecular complexity index is 470. The van der Waals surface area contributed by atoms with Crippen molar-refractivity contribution >= 4 is 22.9 Å². The van der Waals surface area contributed by atoms with E-state index < -0.39 is 0 Å². The number of amides is 1. The molecule has 5 heteroatoms. The predicted octanol–water partition coefficient (Wildman–Crippen LogP) is 1.72. The highest BCUT2D eigenvalue weighted by Crippen LogP contribution is 2.38. The maximum atomic E-state index is 12.3. The van der Waals surface area contributed by atoms with Crippen molar-refractivity contribution in [3.63, 3.8) is 0 Å². The molecule has 1 aromatic rings. The quantitative estimate of drug-likeness (QED) is 0.826. The van der Waals surface area contributed by atoms with Gasteiger partial charge in [-0.1, -0.05) is 0 Å². The molecule has 102 valence electrons. The number of carbonyl (C=O) groups is 1. The van der Waals surface area contributed by atoms with Gasteiger partial charge < -0.3 is 9.64 Å². The Morgan fingerprint density at radius 1 is 1.32 bits per heavy atom. The maximum absolute atomic E-state index is 12.3. The lowest BCUT2D eigenvalue weighted by atomic mass is 10.1. The molecule has 3 aliphatic heterocycles. The summed E-state index contributed by atoms with van der Waals surface area (Å²) < 4.78 is 5.51. The number of nitrogens with zero attached hydrogens (tertiary/aromatic N) is 2. The van der Waals surface area contributed by atoms with Crippen molar-refractivity contribution in [1.29, 1.82) is 0 Å². The summed E-state index contributed by atoms with van der Waals surface area (Å²) in [4.78, 5) is 16.9. The van der Waals surface area contributed by atoms with Crippen LogP contribution in [0, 0.1) is 0 Å². The number of hydrogen-bond donors (Lipinski definition) is 0. The average Bonchev–Trinajstić information content (AvgIpc) is 3.12. The first-order valence-corrected chi connectivity index (χ1v) is 7.96. The van der Waals surface area contributed by atoms with Crippen LogP contribution in [0.1, 0.15) is 19.3 Å². The second kappa shape index (κ2) is 4.58. The molecule has 3 fully saturated rings. The molecular formula is C14H18N2O2S. The maximum Gasteiger partial charge on any atom is 0.228 e. The summed E-state index contributed by atoms with van der Waals surface area (Å²) in [6.45, 7) is 2.83. The van der Waals surface area contributed by atoms with Gasteiger partial charge in [0.25, 0.3) is 0 Å². The summed E-state index contributed by atoms with van der Waals surface area (Å²) in [7, 11) is 0. The molecule has 1 amide bonds. The zero-order valence-electron chi connectivity index (χ0n) is 10.8. The number of rotatable bonds is 2. The third-order valence-corrected chi connectivity index (χ3v) is 5.37. The van der Waals surface area contributed by atoms with Gasteiger partial charge in [0.05, 0.1) is 18.3 Å². The van der Waals surface area contributed by atoms with Gasteiger partial charge in [-0.3, -0.25) is 9.69 Å². The van der Waals surface area contributed by atoms with E-state index in [1.54, 1.807) is 11.3 Å². The lowest BCUT2D eigenvalue weighted by molar-refractivity contribution is -0.117. The van der Waals surface area contributed by atoms with Crippen LogP contribution in [0.3, 0.4) is 0 Å². The Morgan fingerprint density at radius 3 is 3.00 bits per heavy atom. The van der Waals surface area contributed by atoms with E-state index in [2.05, 4.69) is 16.3 Å². The number of fused-ring (bicyclic) bond motifs is 1. The molecule has 3 saturated heterocycles. The Labute approximate surface area is 116 Å². The Balaban J connectivity index is 1.58. The molecule has 3 atom stereocenters. The van der Waals surface area contributed by atoms with Gasteiger partial charge in [0.15, 0.2) is 0 Å². The Kier molecular flexibility index (Phi) is 2.86. The summed E-state index contributed by atoms with van der Waals surface area (Å²) in [6.07, 6.45) is 2.90. The molecule has 4 heterocycles. The number of likely N-dealkylation sites (tertiary alicyclic amines) is 1. The molecule has 4 nitrogen and oxygen atoms in total. The number of thiophene rings is 1. The first kappa shape index (κ1) is 11.9. The van der Waals surface area contributed by atoms with Crippen molar-refractivity contribution in [2.75, 3.05) is 24.7 Å². The van der Waals surface area contributed by atoms with Crippen LogP contribution in [0.2, 0.25) is 0 Å². The summed E-state index contributed by atoms with van der Waals surface area (Å²) >= 11 is 1.66. The second-order valence-electron chi connectivity index (χ2n) is 5.63. The molecule has 0 radical (unpaired) electrons. The smallest absolute Gasteiger partial charge is 0.228 e. The van der Waals surface area contributed by atoms with Gasteiger partial charge in [0, 0.05) is 37.0 Å². The summed E-state index contributed by atoms with van der Waals surface area (Å²) in [5.41, 5.74) is 1.09. The lowest BCUT2D eigenvalue weighted by Crippen LogP contribution is -2.42. The molecule has 1 aromatic heterocycles. The molecule has 3 aliphatic rings. The van der Waals surface area contributed by atoms with Crippen LogP contribution in [0.4, 0.5) is 5.69 Å². The standard InChI is InChI=1S/C14H18N2O2S/c17-14-7-13-12(16(14)11-3-6-19-9-11)1-4-15(13)10-2-5-18-8-10/h3,6,9-10,12-13H,1-2,4-5,7-8H2/t10-,12-,13+/m1/s1. The minimum absolute atomic E-state index is 0.289. The average molecular weight is 278 g/mol. The summed E-state index contributed by atoms with van der Waals surface area (Å²) in [5, 5.41) is 4.13. The molecular weight excluding hydrogens is 260 g/mol. The van der Waals surface area contributed by atoms with Crippen LogP contribution in [0.15, 0.2) is 16.8 Å². The third-order valence-electron chi connectivity index (χ3n) is 4.70. The predicted molar refractivity (Wildman–Crippen MR) is 74.5 cm³/mol. The van der Waals surface area contributed by atoms with Gasteiger partial charge in [-0.25, -0.2) is 0 Å². The SMILES string of the molecule is O=C1C[C@H]2[C@@H](CCN2[C@@H]2CCOC2)N1c1ccsc1. The van der Waals surface area contributed by atoms with E-state index in [9.17, 15) is 4.79 Å². The van der Waals surface area contributed by atoms with Crippen molar-refractivity contribution in [3.05, 3.63) is 16.8 Å². The van der Waals surface area contributed by atoms with Crippen molar-refractivity contribution in [2.45, 2.75) is 37.4 Å². The molecule has 4 rings (SSSR count). The van der Waals surface area contributed by atoms with Crippen LogP contribution >= 0.6 is 11.3 Å². The first-order valence-electron chi connectivity index (χ1n) is 7.02. The van der Waals surface area contributed by atoms with Gasteiger partial charge in [-0.05, 0) is 24.3 Å². The highest BCUT2D eigenvalue weighted by molar-refractivity contribution is 7.08. The van der Waals surface area contributed by atoms with E-state index in [1.807, 2.05) is 10.3 Å². The topological polar surface area (TPSA) is 32.8 Å². The lowest BCUT2D eigenvalue weighted by Gasteiger charge is -2.28. The van der Waals surface area contributed by atoms with Crippen LogP contribution < -0.4 is 4.90 Å². The Morgan fingerprint density at radius 2 is 2.26 bits per heavy atom. The third kappa shape index (κ3) is 1.83. The minimum Gasteiger partial charge on any atom is -0.380 e. The van der Waals surface area contributed by atoms with Gasteiger partial charge in [0.1, 0.15) is 0 Å². The molecule has 0 unspecified atom stereocenters. The number of ether oxygens (including phenoxy) is 1. The monoisotopic (exact) mass is 278 g/mol. The Hall–Kier alpha value is -0.910. The number of anilines is 1. The van der Waals surface area contributed by atoms with E-state index in [0.29, 0.717) is 24.5 Å². The van der Waals surface area contributed by atoms with Gasteiger partial charge >= 0.3 is 0 Å². The zero-order chi connectivity index (χ0) is 12.8. The fourth-order valence-corrected chi connectivity index (χ4v) is 4.47. The van der Waals surface area contributed by atoms with Crippen molar-refractivity contribution in [3.8, 4) is 0 Å². The van der Waals surface area contributed by atoms with E-state index in [0.717, 1.165) is 38.3 Å². The van der Waals surface area contributed by atoms with Crippen molar-refractivity contribution < 1.29 is 9.53 Å². The van der Waals surface area contributed by atoms with Crippen molar-refractivity contribution in [1.82, 2.24) is 4.90 Å². The second-order valence-corrected chi connectivity index (χ2v) is 6.41. The summed E-state index contributed by atoms with van der Waals surface area (Å²) in [5.74, 6) is 0.289. The number of hydrogen-bond acceptors (Lipinski definition) is 4. The first-order chi connectivity index (χ1) is 9.34. The molecule has 0 saturated carbocycles. The highest BCUT2D eigenvalue weighted by Gasteiger charge is 2.49. The highest BCUT2D eigenvalue weighted by atomic mass is 32.1. The molecule has 0 aromatic carbocycles. The largest absolute Gasteiger partial charge is 0.380 e. The van der Waals surface area contributed by atoms with E-state index in [4.69, 9.17) is 4.74 Å². The molecule has 0 bridgehead atoms. The van der Waals surface area contributed by atoms with Gasteiger partial charge in [-0.15, -0.1) is 0 Å². The normalized spacial score (nSPS) is 35.3. The molecule has 19 heavy (non-hydrogen) atoms. The van der Waals surface area contributed by atoms with E-state index >= 15 is 0 Å². The van der Waals surface area contributed by atoms with Crippen LogP contribution in [-0.2, 0) is 9.53 Å². The van der Waals surface area contributed by atoms with Crippen molar-refractivity contribution in [2.24, 2.45) is 0 Å². The summed E-state index contributed by atoms with van der Waals surface area (Å²) in [6, 6.07) is 3.37. The number of carbonyl (C=O) groups excluding carboxylic acids is 1. The molecule has 0 spiro atoms. The molecule has 0 N–H and O–H groups in total. The van der Waals surface area contributed by atoms with E-state index in [1.165, 1.54) is 0 Å². The van der Waals surface area contributed by atoms with Crippen LogP contribution in [-0.4, -0.2) is 48.7 Å². The zero-order valence-corrected chi connectivity index (χ0v) is 11.6.